The van der Waals surface area contributed by atoms with Crippen LogP contribution >= 0.6 is 7.75 Å². The molecule has 0 radical (unpaired) electrons. The van der Waals surface area contributed by atoms with Crippen molar-refractivity contribution in [1.82, 2.24) is 19.7 Å². The summed E-state index contributed by atoms with van der Waals surface area (Å²) in [6.45, 7) is 0.388. The Morgan fingerprint density at radius 2 is 1.93 bits per heavy atom. The van der Waals surface area contributed by atoms with Gasteiger partial charge in [0.15, 0.2) is 5.82 Å². The fourth-order valence-corrected chi connectivity index (χ4v) is 6.95. The Balaban J connectivity index is 1.31. The fraction of sp³-hybridized carbons (Fsp3) is 0.500. The molecule has 0 amide bonds. The van der Waals surface area contributed by atoms with Gasteiger partial charge in [-0.1, -0.05) is 18.2 Å². The number of hydrogen-bond acceptors (Lipinski definition) is 12. The predicted octanol–water partition coefficient (Wildman–Crippen LogP) is 3.21. The van der Waals surface area contributed by atoms with Crippen molar-refractivity contribution < 1.29 is 51.3 Å². The van der Waals surface area contributed by atoms with Gasteiger partial charge < -0.3 is 29.9 Å². The molecule has 0 unspecified atom stereocenters. The molecular weight excluding hydrogens is 636 g/mol. The van der Waals surface area contributed by atoms with Gasteiger partial charge in [0.05, 0.1) is 11.6 Å². The summed E-state index contributed by atoms with van der Waals surface area (Å²) in [6, 6.07) is 11.2. The van der Waals surface area contributed by atoms with E-state index in [1.54, 1.807) is 30.3 Å². The quantitative estimate of drug-likeness (QED) is 0.181. The number of benzene rings is 1. The summed E-state index contributed by atoms with van der Waals surface area (Å²) in [5.41, 5.74) is 4.22. The van der Waals surface area contributed by atoms with E-state index < -0.39 is 68.5 Å². The third-order valence-corrected chi connectivity index (χ3v) is 9.61. The summed E-state index contributed by atoms with van der Waals surface area (Å²) in [4.78, 5) is 16.8. The smallest absolute Gasteiger partial charge is 0.459 e. The summed E-state index contributed by atoms with van der Waals surface area (Å²) in [5.74, 6) is -2.19. The number of alkyl halides is 3. The van der Waals surface area contributed by atoms with Crippen molar-refractivity contribution >= 4 is 25.1 Å². The van der Waals surface area contributed by atoms with E-state index in [4.69, 9.17) is 24.3 Å². The number of carbonyl (C=O) groups is 1. The number of nitrogens with one attached hydrogen (secondary N) is 1. The van der Waals surface area contributed by atoms with E-state index in [2.05, 4.69) is 15.2 Å². The number of hydrogen-bond donors (Lipinski definition) is 4. The van der Waals surface area contributed by atoms with Crippen molar-refractivity contribution in [1.29, 1.82) is 5.26 Å². The van der Waals surface area contributed by atoms with E-state index in [1.165, 1.54) is 36.0 Å². The predicted molar refractivity (Wildman–Crippen MR) is 153 cm³/mol. The van der Waals surface area contributed by atoms with Crippen LogP contribution in [-0.4, -0.2) is 73.5 Å². The Labute approximate surface area is 260 Å². The second-order valence-corrected chi connectivity index (χ2v) is 12.8. The summed E-state index contributed by atoms with van der Waals surface area (Å²) >= 11 is 0. The van der Waals surface area contributed by atoms with Crippen LogP contribution in [0.25, 0.3) is 5.52 Å². The number of fused-ring (bicyclic) bond motifs is 1. The molecule has 46 heavy (non-hydrogen) atoms. The van der Waals surface area contributed by atoms with Crippen LogP contribution in [0, 0.1) is 17.2 Å². The zero-order valence-electron chi connectivity index (χ0n) is 24.4. The van der Waals surface area contributed by atoms with Crippen molar-refractivity contribution in [2.45, 2.75) is 74.8 Å². The van der Waals surface area contributed by atoms with Crippen molar-refractivity contribution in [3.8, 4) is 11.8 Å². The van der Waals surface area contributed by atoms with E-state index >= 15 is 0 Å². The monoisotopic (exact) mass is 668 g/mol. The highest BCUT2D eigenvalue weighted by Crippen LogP contribution is 2.48. The lowest BCUT2D eigenvalue weighted by Gasteiger charge is -2.31. The number of halogens is 3. The van der Waals surface area contributed by atoms with Crippen molar-refractivity contribution in [3.05, 3.63) is 54.5 Å². The Kier molecular flexibility index (Phi) is 9.60. The lowest BCUT2D eigenvalue weighted by atomic mass is 9.87. The molecule has 5 rings (SSSR count). The van der Waals surface area contributed by atoms with Gasteiger partial charge in [0, 0.05) is 0 Å². The van der Waals surface area contributed by atoms with Crippen molar-refractivity contribution in [3.63, 3.8) is 0 Å². The zero-order chi connectivity index (χ0) is 33.3. The number of para-hydroxylation sites is 1. The van der Waals surface area contributed by atoms with Crippen molar-refractivity contribution in [2.75, 3.05) is 12.3 Å². The normalized spacial score (nSPS) is 28.7. The van der Waals surface area contributed by atoms with Gasteiger partial charge in [-0.15, -0.1) is 0 Å². The third kappa shape index (κ3) is 6.97. The molecular formula is C28H32F3N6O8P. The summed E-state index contributed by atoms with van der Waals surface area (Å²) in [7, 11) is -4.58. The van der Waals surface area contributed by atoms with E-state index in [0.717, 1.165) is 0 Å². The molecule has 5 N–H and O–H groups in total. The number of aromatic nitrogens is 3. The minimum atomic E-state index is -4.58. The molecule has 248 valence electrons. The van der Waals surface area contributed by atoms with E-state index in [-0.39, 0.29) is 42.9 Å². The highest BCUT2D eigenvalue weighted by molar-refractivity contribution is 7.52. The van der Waals surface area contributed by atoms with E-state index in [0.29, 0.717) is 5.52 Å². The lowest BCUT2D eigenvalue weighted by molar-refractivity contribution is -0.188. The number of rotatable bonds is 10. The second-order valence-electron chi connectivity index (χ2n) is 11.2. The maximum atomic E-state index is 14.0. The first-order chi connectivity index (χ1) is 21.7. The van der Waals surface area contributed by atoms with Gasteiger partial charge in [-0.25, -0.2) is 14.1 Å². The summed E-state index contributed by atoms with van der Waals surface area (Å²) in [6.07, 6.45) is -9.11. The molecule has 1 aliphatic carbocycles. The highest BCUT2D eigenvalue weighted by Gasteiger charge is 2.57. The van der Waals surface area contributed by atoms with E-state index in [1.807, 2.05) is 0 Å². The maximum absolute atomic E-state index is 14.0. The number of nitrogen functional groups attached to an aromatic ring is 1. The first-order valence-electron chi connectivity index (χ1n) is 14.3. The number of carbonyl (C=O) groups excluding carboxylic acids is 1. The number of aliphatic hydroxyl groups is 2. The van der Waals surface area contributed by atoms with Gasteiger partial charge in [0.1, 0.15) is 60.7 Å². The molecule has 2 aromatic heterocycles. The fourth-order valence-electron chi connectivity index (χ4n) is 5.43. The number of esters is 1. The minimum Gasteiger partial charge on any atom is -0.461 e. The van der Waals surface area contributed by atoms with Crippen molar-refractivity contribution in [2.24, 2.45) is 5.92 Å². The van der Waals surface area contributed by atoms with Gasteiger partial charge in [-0.3, -0.25) is 9.32 Å². The van der Waals surface area contributed by atoms with Crippen LogP contribution in [0.4, 0.5) is 19.0 Å². The Bertz CT molecular complexity index is 1630. The Morgan fingerprint density at radius 3 is 2.59 bits per heavy atom. The standard InChI is InChI=1S/C28H32F3N6O8P/c1-16(26(40)43-18-9-7-17(8-10-18)28(29,30)31)36-46(41,45-19-5-3-2-4-6-19)42-14-27(13-32)24(39)22(38)23(44-27)20-11-12-21-25(33)34-15-35-37(20)21/h2-6,11-12,15-18,22-24,38-39H,7-10,14H2,1H3,(H,36,41)(H2,33,34,35)/t16-,17?,18?,22-,23-,24-,27+,46+/m0/s1. The van der Waals surface area contributed by atoms with Gasteiger partial charge >= 0.3 is 19.9 Å². The average Bonchev–Trinajstić information content (AvgIpc) is 3.56. The summed E-state index contributed by atoms with van der Waals surface area (Å²) in [5, 5.41) is 38.5. The Hall–Kier alpha value is -3.78. The number of anilines is 1. The first kappa shape index (κ1) is 33.6. The molecule has 1 saturated heterocycles. The maximum Gasteiger partial charge on any atom is 0.459 e. The van der Waals surface area contributed by atoms with Crippen LogP contribution in [0.15, 0.2) is 48.8 Å². The average molecular weight is 669 g/mol. The first-order valence-corrected chi connectivity index (χ1v) is 15.9. The second kappa shape index (κ2) is 13.1. The molecule has 3 heterocycles. The Morgan fingerprint density at radius 1 is 1.24 bits per heavy atom. The topological polar surface area (TPSA) is 204 Å². The molecule has 2 fully saturated rings. The van der Waals surface area contributed by atoms with Gasteiger partial charge in [0.25, 0.3) is 0 Å². The molecule has 0 spiro atoms. The van der Waals surface area contributed by atoms with Crippen LogP contribution in [0.2, 0.25) is 0 Å². The SMILES string of the molecule is C[C@H](N[P@@](=O)(OC[C@@]1(C#N)O[C@@H](c2ccc3c(N)ncnn23)[C@H](O)[C@@H]1O)Oc1ccccc1)C(=O)OC1CCC(C(F)(F)F)CC1. The molecule has 2 aliphatic rings. The van der Waals surface area contributed by atoms with Gasteiger partial charge in [-0.2, -0.15) is 28.6 Å². The van der Waals surface area contributed by atoms with Crippen LogP contribution in [0.3, 0.4) is 0 Å². The van der Waals surface area contributed by atoms with Gasteiger partial charge in [0.2, 0.25) is 5.60 Å². The van der Waals surface area contributed by atoms with Crippen LogP contribution < -0.4 is 15.3 Å². The number of nitriles is 1. The molecule has 1 aliphatic heterocycles. The molecule has 6 atom stereocenters. The summed E-state index contributed by atoms with van der Waals surface area (Å²) < 4.78 is 76.9. The number of ether oxygens (including phenoxy) is 2. The molecule has 18 heteroatoms. The van der Waals surface area contributed by atoms with Gasteiger partial charge in [-0.05, 0) is 56.9 Å². The number of aliphatic hydroxyl groups excluding tert-OH is 2. The lowest BCUT2D eigenvalue weighted by Crippen LogP contribution is -2.46. The van der Waals surface area contributed by atoms with Crippen LogP contribution in [0.5, 0.6) is 5.75 Å². The molecule has 1 aromatic carbocycles. The molecule has 0 bridgehead atoms. The molecule has 14 nitrogen and oxygen atoms in total. The number of nitrogens with two attached hydrogens (primary N) is 1. The molecule has 1 saturated carbocycles. The third-order valence-electron chi connectivity index (χ3n) is 7.98. The zero-order valence-corrected chi connectivity index (χ0v) is 25.3. The highest BCUT2D eigenvalue weighted by atomic mass is 31.2. The number of nitrogens with zero attached hydrogens (tertiary/aromatic N) is 4. The molecule has 3 aromatic rings. The van der Waals surface area contributed by atoms with Crippen LogP contribution in [-0.2, 0) is 23.4 Å². The van der Waals surface area contributed by atoms with Crippen LogP contribution in [0.1, 0.15) is 44.4 Å². The minimum absolute atomic E-state index is 0.0102. The largest absolute Gasteiger partial charge is 0.461 e. The van der Waals surface area contributed by atoms with E-state index in [9.17, 15) is 38.0 Å².